The predicted octanol–water partition coefficient (Wildman–Crippen LogP) is -0.131. The molecule has 1 aromatic heterocycles. The lowest BCUT2D eigenvalue weighted by molar-refractivity contribution is -0.301. The number of hydrogen-bond acceptors (Lipinski definition) is 5. The van der Waals surface area contributed by atoms with Crippen molar-refractivity contribution in [1.29, 1.82) is 0 Å². The van der Waals surface area contributed by atoms with E-state index in [0.717, 1.165) is 24.0 Å². The van der Waals surface area contributed by atoms with Gasteiger partial charge in [0, 0.05) is 18.7 Å². The van der Waals surface area contributed by atoms with E-state index in [1.165, 1.54) is 0 Å². The van der Waals surface area contributed by atoms with Crippen LogP contribution in [0.4, 0.5) is 0 Å². The SMILES string of the molecule is C=CCn1c(CC)nnc1SCC(=O)[O-]. The second kappa shape index (κ2) is 5.55. The zero-order valence-electron chi connectivity index (χ0n) is 8.47. The average molecular weight is 226 g/mol. The van der Waals surface area contributed by atoms with Crippen LogP contribution in [0, 0.1) is 0 Å². The number of allylic oxidation sites excluding steroid dienone is 1. The van der Waals surface area contributed by atoms with Crippen molar-refractivity contribution in [2.75, 3.05) is 5.75 Å². The van der Waals surface area contributed by atoms with Gasteiger partial charge in [-0.05, 0) is 0 Å². The van der Waals surface area contributed by atoms with E-state index in [4.69, 9.17) is 0 Å². The highest BCUT2D eigenvalue weighted by Gasteiger charge is 2.09. The summed E-state index contributed by atoms with van der Waals surface area (Å²) in [6, 6.07) is 0. The van der Waals surface area contributed by atoms with Crippen LogP contribution >= 0.6 is 11.8 Å². The number of thioether (sulfide) groups is 1. The Hall–Kier alpha value is -1.30. The lowest BCUT2D eigenvalue weighted by Crippen LogP contribution is -2.24. The monoisotopic (exact) mass is 226 g/mol. The Morgan fingerprint density at radius 2 is 2.40 bits per heavy atom. The van der Waals surface area contributed by atoms with Gasteiger partial charge in [-0.2, -0.15) is 0 Å². The topological polar surface area (TPSA) is 70.8 Å². The summed E-state index contributed by atoms with van der Waals surface area (Å²) in [4.78, 5) is 10.3. The number of hydrogen-bond donors (Lipinski definition) is 0. The van der Waals surface area contributed by atoms with E-state index in [9.17, 15) is 9.90 Å². The molecule has 82 valence electrons. The summed E-state index contributed by atoms with van der Waals surface area (Å²) in [7, 11) is 0. The van der Waals surface area contributed by atoms with Gasteiger partial charge >= 0.3 is 0 Å². The lowest BCUT2D eigenvalue weighted by atomic mass is 10.4. The van der Waals surface area contributed by atoms with Gasteiger partial charge in [0.1, 0.15) is 5.82 Å². The third-order valence-electron chi connectivity index (χ3n) is 1.74. The molecule has 0 aliphatic rings. The van der Waals surface area contributed by atoms with Gasteiger partial charge in [-0.25, -0.2) is 0 Å². The van der Waals surface area contributed by atoms with E-state index in [1.807, 2.05) is 11.5 Å². The van der Waals surface area contributed by atoms with Crippen LogP contribution in [0.3, 0.4) is 0 Å². The summed E-state index contributed by atoms with van der Waals surface area (Å²) in [5.74, 6) is -0.388. The Bertz CT molecular complexity index is 362. The number of carbonyl (C=O) groups is 1. The van der Waals surface area contributed by atoms with Crippen LogP contribution in [0.15, 0.2) is 17.8 Å². The van der Waals surface area contributed by atoms with Crippen molar-refractivity contribution in [2.45, 2.75) is 25.0 Å². The molecule has 0 aromatic carbocycles. The molecule has 0 aliphatic carbocycles. The van der Waals surface area contributed by atoms with E-state index in [1.54, 1.807) is 6.08 Å². The molecular weight excluding hydrogens is 214 g/mol. The molecular formula is C9H12N3O2S-. The molecule has 1 heterocycles. The maximum absolute atomic E-state index is 10.3. The molecule has 1 rings (SSSR count). The summed E-state index contributed by atoms with van der Waals surface area (Å²) in [5.41, 5.74) is 0. The standard InChI is InChI=1S/C9H13N3O2S/c1-3-5-12-7(4-2)10-11-9(12)15-6-8(13)14/h3H,1,4-6H2,2H3,(H,13,14)/p-1. The van der Waals surface area contributed by atoms with E-state index in [2.05, 4.69) is 16.8 Å². The van der Waals surface area contributed by atoms with Crippen molar-refractivity contribution in [3.05, 3.63) is 18.5 Å². The summed E-state index contributed by atoms with van der Waals surface area (Å²) in [6.07, 6.45) is 2.48. The van der Waals surface area contributed by atoms with Crippen LogP contribution in [0.2, 0.25) is 0 Å². The Balaban J connectivity index is 2.81. The van der Waals surface area contributed by atoms with Crippen molar-refractivity contribution in [1.82, 2.24) is 14.8 Å². The highest BCUT2D eigenvalue weighted by Crippen LogP contribution is 2.16. The second-order valence-corrected chi connectivity index (χ2v) is 3.75. The number of nitrogens with zero attached hydrogens (tertiary/aromatic N) is 3. The van der Waals surface area contributed by atoms with Crippen molar-refractivity contribution in [3.63, 3.8) is 0 Å². The fourth-order valence-corrected chi connectivity index (χ4v) is 1.80. The lowest BCUT2D eigenvalue weighted by Gasteiger charge is -2.06. The minimum Gasteiger partial charge on any atom is -0.549 e. The van der Waals surface area contributed by atoms with Crippen LogP contribution < -0.4 is 5.11 Å². The van der Waals surface area contributed by atoms with Crippen molar-refractivity contribution in [2.24, 2.45) is 0 Å². The van der Waals surface area contributed by atoms with Crippen molar-refractivity contribution in [3.8, 4) is 0 Å². The number of carbonyl (C=O) groups excluding carboxylic acids is 1. The first-order valence-electron chi connectivity index (χ1n) is 4.54. The van der Waals surface area contributed by atoms with E-state index < -0.39 is 5.97 Å². The third-order valence-corrected chi connectivity index (χ3v) is 2.68. The number of aromatic nitrogens is 3. The van der Waals surface area contributed by atoms with Crippen molar-refractivity contribution >= 4 is 17.7 Å². The molecule has 0 radical (unpaired) electrons. The van der Waals surface area contributed by atoms with Gasteiger partial charge in [-0.15, -0.1) is 16.8 Å². The Labute approximate surface area is 92.2 Å². The largest absolute Gasteiger partial charge is 0.549 e. The van der Waals surface area contributed by atoms with Gasteiger partial charge in [0.2, 0.25) is 0 Å². The molecule has 0 fully saturated rings. The molecule has 0 saturated carbocycles. The molecule has 1 aromatic rings. The first kappa shape index (κ1) is 11.8. The molecule has 0 aliphatic heterocycles. The molecule has 0 spiro atoms. The van der Waals surface area contributed by atoms with E-state index in [0.29, 0.717) is 11.7 Å². The number of rotatable bonds is 6. The quantitative estimate of drug-likeness (QED) is 0.499. The summed E-state index contributed by atoms with van der Waals surface area (Å²) < 4.78 is 1.85. The fourth-order valence-electron chi connectivity index (χ4n) is 1.12. The zero-order chi connectivity index (χ0) is 11.3. The molecule has 0 unspecified atom stereocenters. The summed E-state index contributed by atoms with van der Waals surface area (Å²) in [6.45, 7) is 6.19. The predicted molar refractivity (Wildman–Crippen MR) is 55.3 cm³/mol. The first-order chi connectivity index (χ1) is 7.19. The van der Waals surface area contributed by atoms with Crippen LogP contribution in [-0.4, -0.2) is 26.5 Å². The van der Waals surface area contributed by atoms with Gasteiger partial charge < -0.3 is 14.5 Å². The third kappa shape index (κ3) is 3.09. The molecule has 0 atom stereocenters. The van der Waals surface area contributed by atoms with Gasteiger partial charge in [0.25, 0.3) is 0 Å². The molecule has 0 amide bonds. The summed E-state index contributed by atoms with van der Waals surface area (Å²) >= 11 is 1.11. The average Bonchev–Trinajstić information content (AvgIpc) is 2.58. The molecule has 0 bridgehead atoms. The normalized spacial score (nSPS) is 10.2. The van der Waals surface area contributed by atoms with Crippen molar-refractivity contribution < 1.29 is 9.90 Å². The van der Waals surface area contributed by atoms with Gasteiger partial charge in [-0.1, -0.05) is 24.8 Å². The highest BCUT2D eigenvalue weighted by molar-refractivity contribution is 7.99. The number of aliphatic carboxylic acids is 1. The zero-order valence-corrected chi connectivity index (χ0v) is 9.29. The molecule has 0 N–H and O–H groups in total. The maximum Gasteiger partial charge on any atom is 0.191 e. The van der Waals surface area contributed by atoms with Crippen LogP contribution in [0.5, 0.6) is 0 Å². The minimum atomic E-state index is -1.11. The number of carboxylic acids is 1. The Morgan fingerprint density at radius 1 is 1.67 bits per heavy atom. The fraction of sp³-hybridized carbons (Fsp3) is 0.444. The van der Waals surface area contributed by atoms with E-state index in [-0.39, 0.29) is 5.75 Å². The van der Waals surface area contributed by atoms with Crippen LogP contribution in [0.1, 0.15) is 12.7 Å². The highest BCUT2D eigenvalue weighted by atomic mass is 32.2. The second-order valence-electron chi connectivity index (χ2n) is 2.81. The van der Waals surface area contributed by atoms with Crippen LogP contribution in [0.25, 0.3) is 0 Å². The Morgan fingerprint density at radius 3 is 2.93 bits per heavy atom. The van der Waals surface area contributed by atoms with Gasteiger partial charge in [0.15, 0.2) is 5.16 Å². The van der Waals surface area contributed by atoms with E-state index >= 15 is 0 Å². The molecule has 0 saturated heterocycles. The Kier molecular flexibility index (Phi) is 4.36. The maximum atomic E-state index is 10.3. The molecule has 6 heteroatoms. The number of carboxylic acid groups (broad SMARTS) is 1. The number of aryl methyl sites for hydroxylation is 1. The van der Waals surface area contributed by atoms with Crippen LogP contribution in [-0.2, 0) is 17.8 Å². The smallest absolute Gasteiger partial charge is 0.191 e. The summed E-state index contributed by atoms with van der Waals surface area (Å²) in [5, 5.41) is 18.8. The molecule has 15 heavy (non-hydrogen) atoms. The van der Waals surface area contributed by atoms with Gasteiger partial charge in [-0.3, -0.25) is 0 Å². The minimum absolute atomic E-state index is 0.112. The van der Waals surface area contributed by atoms with Gasteiger partial charge in [0.05, 0.1) is 5.97 Å². The first-order valence-corrected chi connectivity index (χ1v) is 5.53. The molecule has 5 nitrogen and oxygen atoms in total.